The minimum atomic E-state index is -0.575. The first-order valence-corrected chi connectivity index (χ1v) is 13.1. The highest BCUT2D eigenvalue weighted by molar-refractivity contribution is 6.35. The van der Waals surface area contributed by atoms with Gasteiger partial charge in [0.05, 0.1) is 22.0 Å². The van der Waals surface area contributed by atoms with Crippen LogP contribution in [0.5, 0.6) is 0 Å². The first-order chi connectivity index (χ1) is 18.1. The molecule has 0 aliphatic carbocycles. The van der Waals surface area contributed by atoms with Crippen molar-refractivity contribution in [3.63, 3.8) is 0 Å². The van der Waals surface area contributed by atoms with Crippen LogP contribution in [-0.2, 0) is 4.74 Å². The Hall–Kier alpha value is -3.73. The number of carbonyl (C=O) groups excluding carboxylic acids is 1. The Morgan fingerprint density at radius 3 is 2.82 bits per heavy atom. The first kappa shape index (κ1) is 25.9. The van der Waals surface area contributed by atoms with Crippen LogP contribution >= 0.6 is 11.6 Å². The molecule has 4 heterocycles. The number of nitrogens with zero attached hydrogens (tertiary/aromatic N) is 7. The van der Waals surface area contributed by atoms with Gasteiger partial charge in [0, 0.05) is 31.5 Å². The van der Waals surface area contributed by atoms with E-state index in [0.717, 1.165) is 6.42 Å². The van der Waals surface area contributed by atoms with Crippen LogP contribution in [0.3, 0.4) is 0 Å². The zero-order valence-corrected chi connectivity index (χ0v) is 22.6. The third-order valence-electron chi connectivity index (χ3n) is 6.56. The quantitative estimate of drug-likeness (QED) is 0.399. The number of imidazole rings is 1. The van der Waals surface area contributed by atoms with Crippen molar-refractivity contribution in [2.45, 2.75) is 64.6 Å². The van der Waals surface area contributed by atoms with Crippen molar-refractivity contribution < 1.29 is 9.53 Å². The summed E-state index contributed by atoms with van der Waals surface area (Å²) >= 11 is 6.48. The van der Waals surface area contributed by atoms with E-state index in [9.17, 15) is 9.59 Å². The summed E-state index contributed by atoms with van der Waals surface area (Å²) in [5.74, 6) is 1.09. The summed E-state index contributed by atoms with van der Waals surface area (Å²) in [5.41, 5.74) is 0.321. The van der Waals surface area contributed by atoms with Crippen LogP contribution in [0.15, 0.2) is 41.7 Å². The molecule has 1 N–H and O–H groups in total. The smallest absolute Gasteiger partial charge is 0.410 e. The van der Waals surface area contributed by atoms with Crippen molar-refractivity contribution in [3.8, 4) is 0 Å². The summed E-state index contributed by atoms with van der Waals surface area (Å²) in [6.45, 7) is 8.51. The number of carbonyl (C=O) groups is 1. The molecule has 0 radical (unpaired) electrons. The van der Waals surface area contributed by atoms with E-state index in [-0.39, 0.29) is 17.7 Å². The van der Waals surface area contributed by atoms with E-state index in [1.54, 1.807) is 44.6 Å². The minimum Gasteiger partial charge on any atom is -0.444 e. The van der Waals surface area contributed by atoms with Crippen molar-refractivity contribution in [1.82, 2.24) is 34.0 Å². The van der Waals surface area contributed by atoms with Crippen LogP contribution in [0.2, 0.25) is 5.02 Å². The molecule has 38 heavy (non-hydrogen) atoms. The van der Waals surface area contributed by atoms with Gasteiger partial charge >= 0.3 is 6.09 Å². The van der Waals surface area contributed by atoms with Gasteiger partial charge in [-0.1, -0.05) is 17.7 Å². The standard InChI is InChI=1S/C26H31ClN8O3/c1-16(31-21-23-28-11-14-34(23)30-15-29-21)22-32-19-9-5-8-18(27)20(19)24(36)35(22)17-7-6-12-33(13-10-17)25(37)38-26(2,3)4/h5,8-9,11,14-17H,6-7,10,12-13H2,1-4H3,(H,29,30,31)/t16-,17?/m0/s1. The maximum atomic E-state index is 14.0. The maximum absolute atomic E-state index is 14.0. The third-order valence-corrected chi connectivity index (χ3v) is 6.87. The van der Waals surface area contributed by atoms with Gasteiger partial charge in [-0.15, -0.1) is 0 Å². The minimum absolute atomic E-state index is 0.181. The van der Waals surface area contributed by atoms with Gasteiger partial charge in [0.15, 0.2) is 11.5 Å². The van der Waals surface area contributed by atoms with Gasteiger partial charge in [-0.3, -0.25) is 9.36 Å². The Kier molecular flexibility index (Phi) is 6.95. The highest BCUT2D eigenvalue weighted by Gasteiger charge is 2.29. The molecule has 1 unspecified atom stereocenters. The van der Waals surface area contributed by atoms with Crippen LogP contribution in [0, 0.1) is 0 Å². The second-order valence-electron chi connectivity index (χ2n) is 10.5. The fraction of sp³-hybridized carbons (Fsp3) is 0.462. The molecule has 1 fully saturated rings. The van der Waals surface area contributed by atoms with Crippen LogP contribution < -0.4 is 10.9 Å². The average molecular weight is 539 g/mol. The van der Waals surface area contributed by atoms with Gasteiger partial charge in [-0.25, -0.2) is 24.3 Å². The van der Waals surface area contributed by atoms with E-state index in [1.165, 1.54) is 6.33 Å². The van der Waals surface area contributed by atoms with Crippen molar-refractivity contribution in [2.24, 2.45) is 0 Å². The SMILES string of the molecule is C[C@H](Nc1ncnn2ccnc12)c1nc2cccc(Cl)c2c(=O)n1C1CCCN(C(=O)OC(C)(C)C)CC1. The van der Waals surface area contributed by atoms with Gasteiger partial charge < -0.3 is 15.0 Å². The molecule has 1 aromatic carbocycles. The van der Waals surface area contributed by atoms with Crippen molar-refractivity contribution in [2.75, 3.05) is 18.4 Å². The number of hydrogen-bond acceptors (Lipinski definition) is 8. The number of benzene rings is 1. The molecule has 200 valence electrons. The fourth-order valence-corrected chi connectivity index (χ4v) is 5.10. The zero-order valence-electron chi connectivity index (χ0n) is 21.9. The number of ether oxygens (including phenoxy) is 1. The van der Waals surface area contributed by atoms with Crippen molar-refractivity contribution in [3.05, 3.63) is 58.1 Å². The Bertz CT molecular complexity index is 1540. The lowest BCUT2D eigenvalue weighted by Crippen LogP contribution is -2.37. The molecule has 0 saturated carbocycles. The average Bonchev–Trinajstić information content (AvgIpc) is 3.21. The second-order valence-corrected chi connectivity index (χ2v) is 10.9. The first-order valence-electron chi connectivity index (χ1n) is 12.7. The molecule has 1 aliphatic heterocycles. The molecule has 1 aliphatic rings. The van der Waals surface area contributed by atoms with Gasteiger partial charge in [-0.2, -0.15) is 5.10 Å². The lowest BCUT2D eigenvalue weighted by Gasteiger charge is -2.27. The molecule has 3 aromatic heterocycles. The monoisotopic (exact) mass is 538 g/mol. The molecule has 11 nitrogen and oxygen atoms in total. The summed E-state index contributed by atoms with van der Waals surface area (Å²) < 4.78 is 8.96. The van der Waals surface area contributed by atoms with E-state index in [1.807, 2.05) is 27.7 Å². The summed E-state index contributed by atoms with van der Waals surface area (Å²) in [4.78, 5) is 42.0. The molecule has 0 spiro atoms. The molecule has 12 heteroatoms. The highest BCUT2D eigenvalue weighted by Crippen LogP contribution is 2.29. The largest absolute Gasteiger partial charge is 0.444 e. The third kappa shape index (κ3) is 5.15. The van der Waals surface area contributed by atoms with Crippen LogP contribution in [0.25, 0.3) is 16.6 Å². The molecule has 1 saturated heterocycles. The van der Waals surface area contributed by atoms with Gasteiger partial charge in [0.1, 0.15) is 17.8 Å². The molecule has 4 aromatic rings. The maximum Gasteiger partial charge on any atom is 0.410 e. The summed E-state index contributed by atoms with van der Waals surface area (Å²) in [7, 11) is 0. The van der Waals surface area contributed by atoms with Crippen LogP contribution in [0.1, 0.15) is 64.9 Å². The van der Waals surface area contributed by atoms with Gasteiger partial charge in [0.2, 0.25) is 0 Å². The number of hydrogen-bond donors (Lipinski definition) is 1. The normalized spacial score (nSPS) is 17.4. The summed E-state index contributed by atoms with van der Waals surface area (Å²) in [6, 6.07) is 4.70. The van der Waals surface area contributed by atoms with Gasteiger partial charge in [-0.05, 0) is 59.1 Å². The number of rotatable bonds is 4. The Labute approximate surface area is 224 Å². The van der Waals surface area contributed by atoms with Crippen molar-refractivity contribution in [1.29, 1.82) is 0 Å². The summed E-state index contributed by atoms with van der Waals surface area (Å²) in [6.07, 6.45) is 6.49. The lowest BCUT2D eigenvalue weighted by atomic mass is 10.1. The number of halogens is 1. The molecule has 1 amide bonds. The zero-order chi connectivity index (χ0) is 27.0. The number of aromatic nitrogens is 6. The number of amides is 1. The van der Waals surface area contributed by atoms with E-state index in [0.29, 0.717) is 59.1 Å². The second kappa shape index (κ2) is 10.2. The topological polar surface area (TPSA) is 120 Å². The molecule has 0 bridgehead atoms. The molecule has 2 atom stereocenters. The van der Waals surface area contributed by atoms with Crippen LogP contribution in [-0.4, -0.2) is 58.8 Å². The highest BCUT2D eigenvalue weighted by atomic mass is 35.5. The number of fused-ring (bicyclic) bond motifs is 2. The lowest BCUT2D eigenvalue weighted by molar-refractivity contribution is 0.0255. The Balaban J connectivity index is 1.52. The summed E-state index contributed by atoms with van der Waals surface area (Å²) in [5, 5.41) is 8.28. The predicted molar refractivity (Wildman–Crippen MR) is 145 cm³/mol. The fourth-order valence-electron chi connectivity index (χ4n) is 4.85. The number of likely N-dealkylation sites (tertiary alicyclic amines) is 1. The molecular formula is C26H31ClN8O3. The van der Waals surface area contributed by atoms with E-state index in [4.69, 9.17) is 21.3 Å². The molecular weight excluding hydrogens is 508 g/mol. The molecule has 5 rings (SSSR count). The van der Waals surface area contributed by atoms with E-state index < -0.39 is 11.6 Å². The predicted octanol–water partition coefficient (Wildman–Crippen LogP) is 4.62. The van der Waals surface area contributed by atoms with E-state index >= 15 is 0 Å². The van der Waals surface area contributed by atoms with Crippen molar-refractivity contribution >= 4 is 40.1 Å². The number of nitrogens with one attached hydrogen (secondary N) is 1. The van der Waals surface area contributed by atoms with E-state index in [2.05, 4.69) is 20.4 Å². The van der Waals surface area contributed by atoms with Gasteiger partial charge in [0.25, 0.3) is 5.56 Å². The Morgan fingerprint density at radius 1 is 1.21 bits per heavy atom. The number of anilines is 1. The Morgan fingerprint density at radius 2 is 2.03 bits per heavy atom. The van der Waals surface area contributed by atoms with Crippen LogP contribution in [0.4, 0.5) is 10.6 Å².